The minimum Gasteiger partial charge on any atom is -0.492 e. The van der Waals surface area contributed by atoms with Gasteiger partial charge in [0.2, 0.25) is 15.9 Å². The number of hydrogen-bond acceptors (Lipinski definition) is 6. The molecule has 184 valence electrons. The first kappa shape index (κ1) is 25.5. The second-order valence-electron chi connectivity index (χ2n) is 7.98. The number of nitrogens with one attached hydrogen (secondary N) is 2. The number of ether oxygens (including phenoxy) is 2. The lowest BCUT2D eigenvalue weighted by atomic mass is 10.2. The van der Waals surface area contributed by atoms with Crippen molar-refractivity contribution in [2.75, 3.05) is 25.0 Å². The lowest BCUT2D eigenvalue weighted by Crippen LogP contribution is -2.41. The molecule has 0 bridgehead atoms. The van der Waals surface area contributed by atoms with E-state index in [0.717, 1.165) is 24.8 Å². The van der Waals surface area contributed by atoms with E-state index in [9.17, 15) is 18.0 Å². The molecule has 0 radical (unpaired) electrons. The maximum absolute atomic E-state index is 13.2. The fraction of sp³-hybridized carbons (Fsp3) is 0.417. The number of rotatable bonds is 9. The Morgan fingerprint density at radius 2 is 1.76 bits per heavy atom. The van der Waals surface area contributed by atoms with Gasteiger partial charge in [0.1, 0.15) is 23.3 Å². The highest BCUT2D eigenvalue weighted by atomic mass is 32.2. The predicted octanol–water partition coefficient (Wildman–Crippen LogP) is 3.51. The first-order chi connectivity index (χ1) is 16.3. The Bertz CT molecular complexity index is 1090. The summed E-state index contributed by atoms with van der Waals surface area (Å²) < 4.78 is 38.6. The molecule has 2 N–H and O–H groups in total. The van der Waals surface area contributed by atoms with Crippen molar-refractivity contribution in [1.82, 2.24) is 9.62 Å². The van der Waals surface area contributed by atoms with Gasteiger partial charge in [-0.05, 0) is 50.5 Å². The van der Waals surface area contributed by atoms with Gasteiger partial charge in [-0.3, -0.25) is 4.79 Å². The zero-order chi connectivity index (χ0) is 24.6. The molecule has 1 aliphatic rings. The van der Waals surface area contributed by atoms with Gasteiger partial charge in [-0.15, -0.1) is 0 Å². The third kappa shape index (κ3) is 6.71. The minimum atomic E-state index is -3.78. The molecule has 10 heteroatoms. The van der Waals surface area contributed by atoms with Crippen LogP contribution >= 0.6 is 0 Å². The van der Waals surface area contributed by atoms with Crippen LogP contribution in [0.5, 0.6) is 5.75 Å². The van der Waals surface area contributed by atoms with Crippen molar-refractivity contribution in [3.05, 3.63) is 54.1 Å². The van der Waals surface area contributed by atoms with Crippen molar-refractivity contribution >= 4 is 27.7 Å². The molecule has 1 saturated heterocycles. The van der Waals surface area contributed by atoms with Gasteiger partial charge in [-0.1, -0.05) is 36.8 Å². The molecule has 0 spiro atoms. The van der Waals surface area contributed by atoms with Crippen molar-refractivity contribution in [1.29, 1.82) is 0 Å². The summed E-state index contributed by atoms with van der Waals surface area (Å²) in [7, 11) is -3.78. The van der Waals surface area contributed by atoms with Crippen LogP contribution in [0.15, 0.2) is 53.4 Å². The molecule has 0 aliphatic carbocycles. The number of benzene rings is 2. The number of carbonyl (C=O) groups is 2. The normalized spacial score (nSPS) is 15.2. The molecule has 1 aliphatic heterocycles. The van der Waals surface area contributed by atoms with Gasteiger partial charge in [0, 0.05) is 18.8 Å². The van der Waals surface area contributed by atoms with Gasteiger partial charge >= 0.3 is 6.09 Å². The number of sulfonamides is 1. The van der Waals surface area contributed by atoms with Crippen LogP contribution in [-0.4, -0.2) is 50.5 Å². The fourth-order valence-electron chi connectivity index (χ4n) is 3.56. The van der Waals surface area contributed by atoms with Gasteiger partial charge in [-0.2, -0.15) is 4.31 Å². The summed E-state index contributed by atoms with van der Waals surface area (Å²) in [5.74, 6) is -0.274. The molecule has 1 atom stereocenters. The van der Waals surface area contributed by atoms with Crippen LogP contribution in [0.4, 0.5) is 10.5 Å². The summed E-state index contributed by atoms with van der Waals surface area (Å²) in [6.07, 6.45) is 1.89. The Labute approximate surface area is 200 Å². The number of carbonyl (C=O) groups excluding carboxylic acids is 2. The van der Waals surface area contributed by atoms with Crippen LogP contribution in [0, 0.1) is 0 Å². The smallest absolute Gasteiger partial charge is 0.408 e. The standard InChI is InChI=1S/C24H31N3O6S/c1-3-32-21-13-12-20(16-22(21)34(30,31)27-14-8-5-9-15-27)26-23(28)18(2)25-24(29)33-17-19-10-6-4-7-11-19/h4,6-7,10-13,16,18H,3,5,8-9,14-15,17H2,1-2H3,(H,25,29)(H,26,28)/t18-/m1/s1. The van der Waals surface area contributed by atoms with Crippen LogP contribution in [0.2, 0.25) is 0 Å². The Hall–Kier alpha value is -3.11. The summed E-state index contributed by atoms with van der Waals surface area (Å²) in [6.45, 7) is 4.58. The van der Waals surface area contributed by atoms with Gasteiger partial charge in [0.15, 0.2) is 0 Å². The molecule has 2 aromatic rings. The summed E-state index contributed by atoms with van der Waals surface area (Å²) in [4.78, 5) is 24.7. The Balaban J connectivity index is 1.66. The molecular formula is C24H31N3O6S. The number of anilines is 1. The van der Waals surface area contributed by atoms with E-state index >= 15 is 0 Å². The topological polar surface area (TPSA) is 114 Å². The Kier molecular flexibility index (Phi) is 8.89. The lowest BCUT2D eigenvalue weighted by Gasteiger charge is -2.27. The van der Waals surface area contributed by atoms with E-state index in [1.807, 2.05) is 30.3 Å². The molecule has 9 nitrogen and oxygen atoms in total. The SMILES string of the molecule is CCOc1ccc(NC(=O)[C@@H](C)NC(=O)OCc2ccccc2)cc1S(=O)(=O)N1CCCCC1. The van der Waals surface area contributed by atoms with E-state index in [4.69, 9.17) is 9.47 Å². The van der Waals surface area contributed by atoms with Crippen LogP contribution in [0.25, 0.3) is 0 Å². The Morgan fingerprint density at radius 3 is 2.44 bits per heavy atom. The highest BCUT2D eigenvalue weighted by Gasteiger charge is 2.29. The molecule has 1 fully saturated rings. The third-order valence-electron chi connectivity index (χ3n) is 5.38. The second-order valence-corrected chi connectivity index (χ2v) is 9.88. The highest BCUT2D eigenvalue weighted by molar-refractivity contribution is 7.89. The zero-order valence-corrected chi connectivity index (χ0v) is 20.3. The maximum Gasteiger partial charge on any atom is 0.408 e. The van der Waals surface area contributed by atoms with Crippen molar-refractivity contribution in [2.24, 2.45) is 0 Å². The molecule has 2 aromatic carbocycles. The molecule has 2 amide bonds. The average molecular weight is 490 g/mol. The molecule has 0 saturated carbocycles. The number of amides is 2. The molecule has 0 unspecified atom stereocenters. The number of hydrogen-bond donors (Lipinski definition) is 2. The number of piperidine rings is 1. The summed E-state index contributed by atoms with van der Waals surface area (Å²) in [5.41, 5.74) is 1.11. The monoisotopic (exact) mass is 489 g/mol. The lowest BCUT2D eigenvalue weighted by molar-refractivity contribution is -0.117. The maximum atomic E-state index is 13.2. The molecule has 0 aromatic heterocycles. The van der Waals surface area contributed by atoms with Crippen molar-refractivity contribution in [3.8, 4) is 5.75 Å². The first-order valence-corrected chi connectivity index (χ1v) is 12.8. The number of nitrogens with zero attached hydrogens (tertiary/aromatic N) is 1. The summed E-state index contributed by atoms with van der Waals surface area (Å²) >= 11 is 0. The van der Waals surface area contributed by atoms with Gasteiger partial charge in [0.05, 0.1) is 6.61 Å². The predicted molar refractivity (Wildman–Crippen MR) is 128 cm³/mol. The Morgan fingerprint density at radius 1 is 1.06 bits per heavy atom. The van der Waals surface area contributed by atoms with Crippen LogP contribution in [0.1, 0.15) is 38.7 Å². The summed E-state index contributed by atoms with van der Waals surface area (Å²) in [6, 6.07) is 12.8. The van der Waals surface area contributed by atoms with Crippen molar-refractivity contribution < 1.29 is 27.5 Å². The quantitative estimate of drug-likeness (QED) is 0.557. The molecule has 3 rings (SSSR count). The van der Waals surface area contributed by atoms with Gasteiger partial charge < -0.3 is 20.1 Å². The van der Waals surface area contributed by atoms with Gasteiger partial charge in [-0.25, -0.2) is 13.2 Å². The van der Waals surface area contributed by atoms with Crippen LogP contribution in [-0.2, 0) is 26.2 Å². The zero-order valence-electron chi connectivity index (χ0n) is 19.5. The number of alkyl carbamates (subject to hydrolysis) is 1. The van der Waals surface area contributed by atoms with E-state index in [1.165, 1.54) is 23.4 Å². The van der Waals surface area contributed by atoms with Gasteiger partial charge in [0.25, 0.3) is 0 Å². The second kappa shape index (κ2) is 11.8. The third-order valence-corrected chi connectivity index (χ3v) is 7.30. The van der Waals surface area contributed by atoms with E-state index in [1.54, 1.807) is 13.0 Å². The minimum absolute atomic E-state index is 0.0110. The van der Waals surface area contributed by atoms with Crippen LogP contribution < -0.4 is 15.4 Å². The van der Waals surface area contributed by atoms with E-state index < -0.39 is 28.1 Å². The van der Waals surface area contributed by atoms with E-state index in [-0.39, 0.29) is 22.9 Å². The van der Waals surface area contributed by atoms with Crippen LogP contribution in [0.3, 0.4) is 0 Å². The first-order valence-electron chi connectivity index (χ1n) is 11.4. The van der Waals surface area contributed by atoms with Crippen molar-refractivity contribution in [3.63, 3.8) is 0 Å². The largest absolute Gasteiger partial charge is 0.492 e. The van der Waals surface area contributed by atoms with E-state index in [0.29, 0.717) is 19.7 Å². The van der Waals surface area contributed by atoms with Crippen molar-refractivity contribution in [2.45, 2.75) is 50.7 Å². The summed E-state index contributed by atoms with van der Waals surface area (Å²) in [5, 5.41) is 5.13. The molecule has 1 heterocycles. The van der Waals surface area contributed by atoms with E-state index in [2.05, 4.69) is 10.6 Å². The molecule has 34 heavy (non-hydrogen) atoms. The average Bonchev–Trinajstić information content (AvgIpc) is 2.85. The fourth-order valence-corrected chi connectivity index (χ4v) is 5.24. The highest BCUT2D eigenvalue weighted by Crippen LogP contribution is 2.31. The molecular weight excluding hydrogens is 458 g/mol.